The van der Waals surface area contributed by atoms with Crippen molar-refractivity contribution in [3.63, 3.8) is 0 Å². The van der Waals surface area contributed by atoms with Crippen molar-refractivity contribution >= 4 is 23.4 Å². The summed E-state index contributed by atoms with van der Waals surface area (Å²) in [7, 11) is 1.63. The molecule has 4 nitrogen and oxygen atoms in total. The highest BCUT2D eigenvalue weighted by Crippen LogP contribution is 2.17. The number of nitrogens with zero attached hydrogens (tertiary/aromatic N) is 1. The van der Waals surface area contributed by atoms with Crippen molar-refractivity contribution in [2.24, 2.45) is 5.10 Å². The van der Waals surface area contributed by atoms with Gasteiger partial charge in [-0.1, -0.05) is 18.2 Å². The minimum absolute atomic E-state index is 0.0821. The number of benzene rings is 2. The first-order valence-electron chi connectivity index (χ1n) is 7.34. The van der Waals surface area contributed by atoms with Gasteiger partial charge >= 0.3 is 0 Å². The van der Waals surface area contributed by atoms with Crippen LogP contribution < -0.4 is 10.2 Å². The second-order valence-corrected chi connectivity index (χ2v) is 6.04. The van der Waals surface area contributed by atoms with Gasteiger partial charge in [0.05, 0.1) is 12.8 Å². The zero-order valence-electron chi connectivity index (χ0n) is 13.3. The molecule has 1 amide bonds. The number of rotatable bonds is 7. The Balaban J connectivity index is 1.77. The molecule has 0 fully saturated rings. The van der Waals surface area contributed by atoms with E-state index in [1.807, 2.05) is 61.5 Å². The van der Waals surface area contributed by atoms with E-state index in [0.717, 1.165) is 22.8 Å². The maximum absolute atomic E-state index is 11.8. The number of hydrogen-bond acceptors (Lipinski definition) is 4. The van der Waals surface area contributed by atoms with Gasteiger partial charge in [-0.3, -0.25) is 4.79 Å². The molecule has 0 aromatic heterocycles. The number of methoxy groups -OCH3 is 1. The van der Waals surface area contributed by atoms with Crippen molar-refractivity contribution in [2.45, 2.75) is 18.2 Å². The minimum Gasteiger partial charge on any atom is -0.497 e. The number of amides is 1. The Kier molecular flexibility index (Phi) is 6.69. The van der Waals surface area contributed by atoms with Crippen molar-refractivity contribution in [1.82, 2.24) is 5.43 Å². The molecule has 0 radical (unpaired) electrons. The van der Waals surface area contributed by atoms with Gasteiger partial charge in [0, 0.05) is 17.1 Å². The summed E-state index contributed by atoms with van der Waals surface area (Å²) in [6, 6.07) is 17.6. The first-order valence-corrected chi connectivity index (χ1v) is 8.33. The van der Waals surface area contributed by atoms with E-state index in [4.69, 9.17) is 4.74 Å². The van der Waals surface area contributed by atoms with Crippen LogP contribution in [-0.4, -0.2) is 24.5 Å². The summed E-state index contributed by atoms with van der Waals surface area (Å²) in [4.78, 5) is 13.0. The van der Waals surface area contributed by atoms with Gasteiger partial charge in [-0.25, -0.2) is 5.43 Å². The van der Waals surface area contributed by atoms with Crippen molar-refractivity contribution in [3.05, 3.63) is 60.2 Å². The van der Waals surface area contributed by atoms with Crippen LogP contribution in [0.3, 0.4) is 0 Å². The lowest BCUT2D eigenvalue weighted by Gasteiger charge is -2.04. The number of carbonyl (C=O) groups is 1. The Labute approximate surface area is 140 Å². The van der Waals surface area contributed by atoms with E-state index in [-0.39, 0.29) is 5.91 Å². The molecule has 1 N–H and O–H groups in total. The summed E-state index contributed by atoms with van der Waals surface area (Å²) < 4.78 is 5.12. The Hall–Kier alpha value is -2.27. The molecular formula is C18H20N2O2S. The zero-order valence-corrected chi connectivity index (χ0v) is 14.1. The van der Waals surface area contributed by atoms with Crippen LogP contribution in [0.15, 0.2) is 64.6 Å². The lowest BCUT2D eigenvalue weighted by Crippen LogP contribution is -2.19. The number of ether oxygens (including phenoxy) is 1. The summed E-state index contributed by atoms with van der Waals surface area (Å²) in [6.45, 7) is 1.86. The SMILES string of the molecule is COc1ccc(/C(C)=N\NC(=O)CCSc2ccccc2)cc1. The molecule has 0 heterocycles. The zero-order chi connectivity index (χ0) is 16.5. The van der Waals surface area contributed by atoms with Gasteiger partial charge in [0.2, 0.25) is 5.91 Å². The molecule has 0 aliphatic carbocycles. The molecule has 0 bridgehead atoms. The van der Waals surface area contributed by atoms with E-state index < -0.39 is 0 Å². The molecule has 5 heteroatoms. The Bertz CT molecular complexity index is 654. The van der Waals surface area contributed by atoms with Gasteiger partial charge in [0.15, 0.2) is 0 Å². The number of hydrogen-bond donors (Lipinski definition) is 1. The van der Waals surface area contributed by atoms with Gasteiger partial charge in [-0.15, -0.1) is 11.8 Å². The second-order valence-electron chi connectivity index (χ2n) is 4.87. The molecule has 120 valence electrons. The van der Waals surface area contributed by atoms with Crippen LogP contribution in [0.4, 0.5) is 0 Å². The van der Waals surface area contributed by atoms with Crippen molar-refractivity contribution in [3.8, 4) is 5.75 Å². The summed E-state index contributed by atoms with van der Waals surface area (Å²) >= 11 is 1.66. The quantitative estimate of drug-likeness (QED) is 0.479. The highest BCUT2D eigenvalue weighted by Gasteiger charge is 2.03. The Morgan fingerprint density at radius 3 is 2.48 bits per heavy atom. The summed E-state index contributed by atoms with van der Waals surface area (Å²) in [6.07, 6.45) is 0.430. The summed E-state index contributed by atoms with van der Waals surface area (Å²) in [5, 5.41) is 4.14. The molecule has 2 aromatic carbocycles. The molecular weight excluding hydrogens is 308 g/mol. The fourth-order valence-corrected chi connectivity index (χ4v) is 2.75. The van der Waals surface area contributed by atoms with Crippen LogP contribution >= 0.6 is 11.8 Å². The van der Waals surface area contributed by atoms with Crippen LogP contribution in [0.1, 0.15) is 18.9 Å². The third-order valence-corrected chi connectivity index (χ3v) is 4.21. The molecule has 23 heavy (non-hydrogen) atoms. The standard InChI is InChI=1S/C18H20N2O2S/c1-14(15-8-10-16(22-2)11-9-15)19-20-18(21)12-13-23-17-6-4-3-5-7-17/h3-11H,12-13H2,1-2H3,(H,20,21)/b19-14-. The average molecular weight is 328 g/mol. The number of carbonyl (C=O) groups excluding carboxylic acids is 1. The smallest absolute Gasteiger partial charge is 0.240 e. The third-order valence-electron chi connectivity index (χ3n) is 3.20. The Morgan fingerprint density at radius 2 is 1.83 bits per heavy atom. The Morgan fingerprint density at radius 1 is 1.13 bits per heavy atom. The van der Waals surface area contributed by atoms with E-state index in [1.54, 1.807) is 18.9 Å². The maximum Gasteiger partial charge on any atom is 0.240 e. The fourth-order valence-electron chi connectivity index (χ4n) is 1.88. The lowest BCUT2D eigenvalue weighted by molar-refractivity contribution is -0.120. The predicted octanol–water partition coefficient (Wildman–Crippen LogP) is 3.72. The van der Waals surface area contributed by atoms with Gasteiger partial charge in [0.25, 0.3) is 0 Å². The second kappa shape index (κ2) is 9.00. The molecule has 2 rings (SSSR count). The molecule has 0 unspecified atom stereocenters. The van der Waals surface area contributed by atoms with Crippen molar-refractivity contribution < 1.29 is 9.53 Å². The van der Waals surface area contributed by atoms with Crippen LogP contribution in [-0.2, 0) is 4.79 Å². The topological polar surface area (TPSA) is 50.7 Å². The molecule has 0 saturated carbocycles. The molecule has 0 atom stereocenters. The average Bonchev–Trinajstić information content (AvgIpc) is 2.60. The van der Waals surface area contributed by atoms with E-state index in [0.29, 0.717) is 6.42 Å². The molecule has 0 aliphatic rings. The predicted molar refractivity (Wildman–Crippen MR) is 95.1 cm³/mol. The number of hydrazone groups is 1. The molecule has 2 aromatic rings. The third kappa shape index (κ3) is 5.79. The van der Waals surface area contributed by atoms with Crippen molar-refractivity contribution in [2.75, 3.05) is 12.9 Å². The fraction of sp³-hybridized carbons (Fsp3) is 0.222. The first kappa shape index (κ1) is 17.1. The maximum atomic E-state index is 11.8. The normalized spacial score (nSPS) is 11.1. The van der Waals surface area contributed by atoms with Gasteiger partial charge in [-0.2, -0.15) is 5.10 Å². The van der Waals surface area contributed by atoms with Crippen LogP contribution in [0.5, 0.6) is 5.75 Å². The summed E-state index contributed by atoms with van der Waals surface area (Å²) in [5.74, 6) is 1.44. The van der Waals surface area contributed by atoms with E-state index >= 15 is 0 Å². The van der Waals surface area contributed by atoms with E-state index in [1.165, 1.54) is 4.90 Å². The number of thioether (sulfide) groups is 1. The monoisotopic (exact) mass is 328 g/mol. The van der Waals surface area contributed by atoms with E-state index in [9.17, 15) is 4.79 Å². The van der Waals surface area contributed by atoms with E-state index in [2.05, 4.69) is 10.5 Å². The molecule has 0 aliphatic heterocycles. The van der Waals surface area contributed by atoms with Crippen LogP contribution in [0, 0.1) is 0 Å². The summed E-state index contributed by atoms with van der Waals surface area (Å²) in [5.41, 5.74) is 4.31. The highest BCUT2D eigenvalue weighted by atomic mass is 32.2. The van der Waals surface area contributed by atoms with Gasteiger partial charge in [0.1, 0.15) is 5.75 Å². The molecule has 0 saturated heterocycles. The minimum atomic E-state index is -0.0821. The lowest BCUT2D eigenvalue weighted by atomic mass is 10.1. The van der Waals surface area contributed by atoms with Gasteiger partial charge < -0.3 is 4.74 Å². The first-order chi connectivity index (χ1) is 11.2. The largest absolute Gasteiger partial charge is 0.497 e. The van der Waals surface area contributed by atoms with Crippen molar-refractivity contribution in [1.29, 1.82) is 0 Å². The number of nitrogens with one attached hydrogen (secondary N) is 1. The van der Waals surface area contributed by atoms with Crippen LogP contribution in [0.25, 0.3) is 0 Å². The van der Waals surface area contributed by atoms with Gasteiger partial charge in [-0.05, 0) is 48.9 Å². The van der Waals surface area contributed by atoms with Crippen LogP contribution in [0.2, 0.25) is 0 Å². The highest BCUT2D eigenvalue weighted by molar-refractivity contribution is 7.99. The molecule has 0 spiro atoms.